The van der Waals surface area contributed by atoms with Crippen LogP contribution < -0.4 is 0 Å². The van der Waals surface area contributed by atoms with E-state index in [1.54, 1.807) is 6.26 Å². The van der Waals surface area contributed by atoms with Crippen LogP contribution in [0.2, 0.25) is 0 Å². The van der Waals surface area contributed by atoms with Gasteiger partial charge in [-0.05, 0) is 12.1 Å². The predicted molar refractivity (Wildman–Crippen MR) is 38.3 cm³/mol. The molecule has 1 aromatic heterocycles. The molecule has 0 fully saturated rings. The van der Waals surface area contributed by atoms with E-state index in [0.717, 1.165) is 5.76 Å². The van der Waals surface area contributed by atoms with Crippen LogP contribution in [0.3, 0.4) is 0 Å². The Bertz CT molecular complexity index is 182. The summed E-state index contributed by atoms with van der Waals surface area (Å²) in [5, 5.41) is 1.32. The normalized spacial score (nSPS) is 10.8. The predicted octanol–water partition coefficient (Wildman–Crippen LogP) is 1.20. The summed E-state index contributed by atoms with van der Waals surface area (Å²) in [4.78, 5) is 9.65. The van der Waals surface area contributed by atoms with Gasteiger partial charge in [-0.3, -0.25) is 9.68 Å². The molecule has 1 rings (SSSR count). The smallest absolute Gasteiger partial charge is 0.122 e. The number of rotatable bonds is 4. The molecule has 1 aromatic rings. The second-order valence-corrected chi connectivity index (χ2v) is 1.94. The lowest BCUT2D eigenvalue weighted by molar-refractivity contribution is -0.351. The summed E-state index contributed by atoms with van der Waals surface area (Å²) < 4.78 is 5.07. The third-order valence-electron chi connectivity index (χ3n) is 1.27. The summed E-state index contributed by atoms with van der Waals surface area (Å²) in [7, 11) is 3.07. The molecule has 0 saturated heterocycles. The van der Waals surface area contributed by atoms with Crippen molar-refractivity contribution in [3.05, 3.63) is 24.2 Å². The Hall–Kier alpha value is -0.840. The number of hydrogen-bond acceptors (Lipinski definition) is 4. The van der Waals surface area contributed by atoms with Gasteiger partial charge >= 0.3 is 0 Å². The molecular weight excluding hydrogens is 146 g/mol. The molecule has 0 atom stereocenters. The van der Waals surface area contributed by atoms with E-state index in [1.165, 1.54) is 19.4 Å². The largest absolute Gasteiger partial charge is 0.468 e. The van der Waals surface area contributed by atoms with Crippen molar-refractivity contribution in [2.24, 2.45) is 0 Å². The topological polar surface area (TPSA) is 34.8 Å². The molecule has 0 aliphatic rings. The van der Waals surface area contributed by atoms with Gasteiger partial charge in [-0.25, -0.2) is 0 Å². The van der Waals surface area contributed by atoms with E-state index in [4.69, 9.17) is 14.1 Å². The first kappa shape index (κ1) is 8.26. The van der Waals surface area contributed by atoms with Gasteiger partial charge < -0.3 is 4.42 Å². The van der Waals surface area contributed by atoms with Crippen LogP contribution in [0.5, 0.6) is 0 Å². The van der Waals surface area contributed by atoms with Crippen molar-refractivity contribution >= 4 is 0 Å². The number of hydroxylamine groups is 2. The Kier molecular flexibility index (Phi) is 3.10. The lowest BCUT2D eigenvalue weighted by atomic mass is 10.5. The molecule has 0 aliphatic carbocycles. The van der Waals surface area contributed by atoms with Gasteiger partial charge in [0.05, 0.1) is 20.5 Å². The monoisotopic (exact) mass is 157 g/mol. The molecule has 4 nitrogen and oxygen atoms in total. The molecule has 0 aliphatic heterocycles. The zero-order valence-corrected chi connectivity index (χ0v) is 6.61. The van der Waals surface area contributed by atoms with Crippen molar-refractivity contribution in [3.63, 3.8) is 0 Å². The van der Waals surface area contributed by atoms with E-state index >= 15 is 0 Å². The average Bonchev–Trinajstić information content (AvgIpc) is 2.52. The maximum atomic E-state index is 5.07. The van der Waals surface area contributed by atoms with Crippen LogP contribution in [-0.4, -0.2) is 19.4 Å². The van der Waals surface area contributed by atoms with Crippen LogP contribution in [0.4, 0.5) is 0 Å². The highest BCUT2D eigenvalue weighted by Crippen LogP contribution is 2.04. The van der Waals surface area contributed by atoms with E-state index in [9.17, 15) is 0 Å². The summed E-state index contributed by atoms with van der Waals surface area (Å²) in [6.07, 6.45) is 1.61. The molecule has 0 spiro atoms. The SMILES string of the molecule is CON(Cc1ccco1)OC. The number of hydrogen-bond donors (Lipinski definition) is 0. The summed E-state index contributed by atoms with van der Waals surface area (Å²) in [5.74, 6) is 0.800. The standard InChI is InChI=1S/C7H11NO3/c1-9-8(10-2)6-7-4-3-5-11-7/h3-5H,6H2,1-2H3. The number of nitrogens with zero attached hydrogens (tertiary/aromatic N) is 1. The Morgan fingerprint density at radius 2 is 2.18 bits per heavy atom. The third-order valence-corrected chi connectivity index (χ3v) is 1.27. The van der Waals surface area contributed by atoms with E-state index in [2.05, 4.69) is 0 Å². The fraction of sp³-hybridized carbons (Fsp3) is 0.429. The maximum absolute atomic E-state index is 5.07. The van der Waals surface area contributed by atoms with Crippen LogP contribution in [0.25, 0.3) is 0 Å². The highest BCUT2D eigenvalue weighted by atomic mass is 16.9. The first-order chi connectivity index (χ1) is 5.36. The number of furan rings is 1. The van der Waals surface area contributed by atoms with Gasteiger partial charge in [-0.15, -0.1) is 0 Å². The van der Waals surface area contributed by atoms with Crippen LogP contribution >= 0.6 is 0 Å². The lowest BCUT2D eigenvalue weighted by Gasteiger charge is -2.13. The van der Waals surface area contributed by atoms with E-state index in [-0.39, 0.29) is 0 Å². The minimum Gasteiger partial charge on any atom is -0.468 e. The molecule has 1 heterocycles. The van der Waals surface area contributed by atoms with Crippen molar-refractivity contribution in [2.75, 3.05) is 14.2 Å². The Morgan fingerprint density at radius 1 is 1.45 bits per heavy atom. The van der Waals surface area contributed by atoms with Crippen molar-refractivity contribution in [3.8, 4) is 0 Å². The summed E-state index contributed by atoms with van der Waals surface area (Å²) in [6.45, 7) is 0.486. The zero-order chi connectivity index (χ0) is 8.10. The van der Waals surface area contributed by atoms with Crippen LogP contribution in [-0.2, 0) is 16.2 Å². The van der Waals surface area contributed by atoms with Gasteiger partial charge in [0.25, 0.3) is 0 Å². The minimum atomic E-state index is 0.486. The fourth-order valence-electron chi connectivity index (χ4n) is 0.733. The van der Waals surface area contributed by atoms with Crippen molar-refractivity contribution in [1.29, 1.82) is 0 Å². The second-order valence-electron chi connectivity index (χ2n) is 1.94. The van der Waals surface area contributed by atoms with E-state index < -0.39 is 0 Å². The van der Waals surface area contributed by atoms with Gasteiger partial charge in [-0.2, -0.15) is 0 Å². The van der Waals surface area contributed by atoms with Crippen molar-refractivity contribution in [2.45, 2.75) is 6.54 Å². The maximum Gasteiger partial charge on any atom is 0.122 e. The molecule has 11 heavy (non-hydrogen) atoms. The van der Waals surface area contributed by atoms with Crippen molar-refractivity contribution < 1.29 is 14.1 Å². The molecule has 0 radical (unpaired) electrons. The van der Waals surface area contributed by atoms with Gasteiger partial charge in [-0.1, -0.05) is 5.23 Å². The molecular formula is C7H11NO3. The summed E-state index contributed by atoms with van der Waals surface area (Å²) >= 11 is 0. The molecule has 0 bridgehead atoms. The fourth-order valence-corrected chi connectivity index (χ4v) is 0.733. The lowest BCUT2D eigenvalue weighted by Crippen LogP contribution is -2.19. The molecule has 0 unspecified atom stereocenters. The van der Waals surface area contributed by atoms with Crippen LogP contribution in [0, 0.1) is 0 Å². The highest BCUT2D eigenvalue weighted by molar-refractivity contribution is 4.96. The van der Waals surface area contributed by atoms with Crippen LogP contribution in [0.15, 0.2) is 22.8 Å². The molecule has 4 heteroatoms. The summed E-state index contributed by atoms with van der Waals surface area (Å²) in [6, 6.07) is 3.67. The zero-order valence-electron chi connectivity index (χ0n) is 6.61. The Morgan fingerprint density at radius 3 is 2.64 bits per heavy atom. The Labute approximate surface area is 65.2 Å². The van der Waals surface area contributed by atoms with E-state index in [1.807, 2.05) is 12.1 Å². The highest BCUT2D eigenvalue weighted by Gasteiger charge is 2.04. The van der Waals surface area contributed by atoms with Crippen LogP contribution in [0.1, 0.15) is 5.76 Å². The third kappa shape index (κ3) is 2.34. The van der Waals surface area contributed by atoms with Gasteiger partial charge in [0, 0.05) is 0 Å². The van der Waals surface area contributed by atoms with Gasteiger partial charge in [0.2, 0.25) is 0 Å². The summed E-state index contributed by atoms with van der Waals surface area (Å²) in [5.41, 5.74) is 0. The molecule has 0 aromatic carbocycles. The minimum absolute atomic E-state index is 0.486. The second kappa shape index (κ2) is 4.12. The molecule has 0 N–H and O–H groups in total. The average molecular weight is 157 g/mol. The molecule has 62 valence electrons. The molecule has 0 saturated carbocycles. The first-order valence-corrected chi connectivity index (χ1v) is 3.25. The quantitative estimate of drug-likeness (QED) is 0.615. The van der Waals surface area contributed by atoms with Gasteiger partial charge in [0.15, 0.2) is 0 Å². The Balaban J connectivity index is 2.41. The van der Waals surface area contributed by atoms with Crippen molar-refractivity contribution in [1.82, 2.24) is 5.23 Å². The van der Waals surface area contributed by atoms with Gasteiger partial charge in [0.1, 0.15) is 12.3 Å². The molecule has 0 amide bonds. The first-order valence-electron chi connectivity index (χ1n) is 3.25. The van der Waals surface area contributed by atoms with E-state index in [0.29, 0.717) is 6.54 Å².